The lowest BCUT2D eigenvalue weighted by Crippen LogP contribution is -2.08. The first kappa shape index (κ1) is 23.9. The Balaban J connectivity index is 1.74. The molecule has 0 atom stereocenters. The van der Waals surface area contributed by atoms with Crippen LogP contribution in [0.1, 0.15) is 30.3 Å². The summed E-state index contributed by atoms with van der Waals surface area (Å²) in [6.07, 6.45) is 4.37. The maximum Gasteiger partial charge on any atom is 0.183 e. The molecule has 0 radical (unpaired) electrons. The van der Waals surface area contributed by atoms with Gasteiger partial charge in [0.2, 0.25) is 0 Å². The summed E-state index contributed by atoms with van der Waals surface area (Å²) < 4.78 is 16.9. The molecule has 4 aromatic rings. The molecular formula is C26H28N6O3. The molecule has 180 valence electrons. The molecule has 0 aliphatic heterocycles. The quantitative estimate of drug-likeness (QED) is 0.116. The van der Waals surface area contributed by atoms with Crippen LogP contribution in [0.4, 0.5) is 0 Å². The largest absolute Gasteiger partial charge is 0.493 e. The lowest BCUT2D eigenvalue weighted by Gasteiger charge is -2.15. The molecular weight excluding hydrogens is 444 g/mol. The Morgan fingerprint density at radius 3 is 2.51 bits per heavy atom. The van der Waals surface area contributed by atoms with Crippen LogP contribution in [0.15, 0.2) is 59.0 Å². The van der Waals surface area contributed by atoms with Gasteiger partial charge in [0, 0.05) is 34.8 Å². The zero-order valence-electron chi connectivity index (χ0n) is 20.0. The fourth-order valence-electron chi connectivity index (χ4n) is 4.07. The summed E-state index contributed by atoms with van der Waals surface area (Å²) in [5, 5.41) is 17.4. The minimum Gasteiger partial charge on any atom is -0.493 e. The molecule has 0 spiro atoms. The van der Waals surface area contributed by atoms with E-state index in [-0.39, 0.29) is 12.4 Å². The van der Waals surface area contributed by atoms with Gasteiger partial charge in [0.25, 0.3) is 0 Å². The average Bonchev–Trinajstić information content (AvgIpc) is 2.88. The molecule has 0 amide bonds. The number of fused-ring (bicyclic) bond motifs is 2. The highest BCUT2D eigenvalue weighted by atomic mass is 16.5. The van der Waals surface area contributed by atoms with Gasteiger partial charge in [-0.05, 0) is 41.6 Å². The number of ether oxygens (including phenoxy) is 3. The maximum absolute atomic E-state index is 7.71. The van der Waals surface area contributed by atoms with Gasteiger partial charge in [0.05, 0.1) is 14.2 Å². The third kappa shape index (κ3) is 5.13. The predicted octanol–water partition coefficient (Wildman–Crippen LogP) is 5.03. The fraction of sp³-hybridized carbons (Fsp3) is 0.269. The molecule has 0 bridgehead atoms. The SMILES string of the molecule is CCCc1ncc(Cc2ccc3cccc(OCC(=N)N=NN)c3n2)c2cc(OC)c(OC)cc12. The van der Waals surface area contributed by atoms with Crippen LogP contribution in [-0.2, 0) is 12.8 Å². The van der Waals surface area contributed by atoms with Crippen molar-refractivity contribution in [2.75, 3.05) is 20.8 Å². The van der Waals surface area contributed by atoms with Crippen molar-refractivity contribution >= 4 is 27.5 Å². The first-order chi connectivity index (χ1) is 17.1. The summed E-state index contributed by atoms with van der Waals surface area (Å²) in [6, 6.07) is 13.7. The average molecular weight is 473 g/mol. The highest BCUT2D eigenvalue weighted by Crippen LogP contribution is 2.36. The monoisotopic (exact) mass is 472 g/mol. The predicted molar refractivity (Wildman–Crippen MR) is 136 cm³/mol. The number of pyridine rings is 2. The number of hydrogen-bond acceptors (Lipinski definition) is 7. The van der Waals surface area contributed by atoms with Crippen LogP contribution in [0.2, 0.25) is 0 Å². The molecule has 0 unspecified atom stereocenters. The van der Waals surface area contributed by atoms with Crippen molar-refractivity contribution in [2.24, 2.45) is 16.2 Å². The van der Waals surface area contributed by atoms with E-state index < -0.39 is 0 Å². The third-order valence-electron chi connectivity index (χ3n) is 5.70. The van der Waals surface area contributed by atoms with Crippen LogP contribution >= 0.6 is 0 Å². The molecule has 0 aliphatic rings. The molecule has 9 nitrogen and oxygen atoms in total. The van der Waals surface area contributed by atoms with Crippen LogP contribution in [0, 0.1) is 5.41 Å². The second kappa shape index (κ2) is 10.8. The van der Waals surface area contributed by atoms with Gasteiger partial charge in [0.1, 0.15) is 17.9 Å². The van der Waals surface area contributed by atoms with Crippen LogP contribution in [0.25, 0.3) is 21.7 Å². The molecule has 0 fully saturated rings. The van der Waals surface area contributed by atoms with E-state index in [4.69, 9.17) is 35.4 Å². The van der Waals surface area contributed by atoms with Gasteiger partial charge in [0.15, 0.2) is 17.3 Å². The molecule has 3 N–H and O–H groups in total. The van der Waals surface area contributed by atoms with Gasteiger partial charge in [-0.15, -0.1) is 5.11 Å². The molecule has 0 saturated heterocycles. The second-order valence-electron chi connectivity index (χ2n) is 7.99. The molecule has 4 rings (SSSR count). The molecule has 0 aliphatic carbocycles. The first-order valence-electron chi connectivity index (χ1n) is 11.3. The Labute approximate surface area is 203 Å². The first-order valence-corrected chi connectivity index (χ1v) is 11.3. The summed E-state index contributed by atoms with van der Waals surface area (Å²) in [5.74, 6) is 6.86. The van der Waals surface area contributed by atoms with Crippen molar-refractivity contribution in [3.8, 4) is 17.2 Å². The lowest BCUT2D eigenvalue weighted by atomic mass is 9.99. The minimum absolute atomic E-state index is 0.0548. The summed E-state index contributed by atoms with van der Waals surface area (Å²) in [6.45, 7) is 2.09. The van der Waals surface area contributed by atoms with Crippen molar-refractivity contribution in [1.29, 1.82) is 5.41 Å². The lowest BCUT2D eigenvalue weighted by molar-refractivity contribution is 0.356. The van der Waals surface area contributed by atoms with Crippen molar-refractivity contribution < 1.29 is 14.2 Å². The van der Waals surface area contributed by atoms with Crippen molar-refractivity contribution in [3.05, 3.63) is 65.6 Å². The Kier molecular flexibility index (Phi) is 7.35. The van der Waals surface area contributed by atoms with E-state index in [1.807, 2.05) is 48.7 Å². The highest BCUT2D eigenvalue weighted by Gasteiger charge is 2.15. The van der Waals surface area contributed by atoms with Gasteiger partial charge in [-0.25, -0.2) is 4.98 Å². The smallest absolute Gasteiger partial charge is 0.183 e. The van der Waals surface area contributed by atoms with E-state index >= 15 is 0 Å². The second-order valence-corrected chi connectivity index (χ2v) is 7.99. The number of para-hydroxylation sites is 1. The number of hydrogen-bond donors (Lipinski definition) is 2. The van der Waals surface area contributed by atoms with Gasteiger partial charge in [-0.2, -0.15) is 0 Å². The van der Waals surface area contributed by atoms with E-state index in [0.717, 1.165) is 46.0 Å². The number of aryl methyl sites for hydroxylation is 1. The Hall–Kier alpha value is -4.27. The Morgan fingerprint density at radius 2 is 1.80 bits per heavy atom. The van der Waals surface area contributed by atoms with E-state index in [1.165, 1.54) is 0 Å². The molecule has 2 heterocycles. The van der Waals surface area contributed by atoms with Gasteiger partial charge < -0.3 is 20.1 Å². The Bertz CT molecular complexity index is 1400. The summed E-state index contributed by atoms with van der Waals surface area (Å²) in [5.41, 5.74) is 3.65. The number of rotatable bonds is 9. The standard InChI is InChI=1S/C26H28N6O3/c1-4-6-21-20-13-24(34-3)23(33-2)12-19(20)17(14-29-21)11-18-10-9-16-7-5-8-22(26(16)30-18)35-15-25(27)31-32-28/h5,7-10,12-14H,4,6,11,15H2,1-3H3,(H3,27,28,31). The van der Waals surface area contributed by atoms with E-state index in [0.29, 0.717) is 29.2 Å². The minimum atomic E-state index is -0.0743. The number of benzene rings is 2. The van der Waals surface area contributed by atoms with Crippen LogP contribution in [-0.4, -0.2) is 36.6 Å². The number of aromatic nitrogens is 2. The molecule has 0 saturated carbocycles. The number of nitrogens with two attached hydrogens (primary N) is 1. The number of nitrogens with one attached hydrogen (secondary N) is 1. The van der Waals surface area contributed by atoms with E-state index in [1.54, 1.807) is 14.2 Å². The van der Waals surface area contributed by atoms with Crippen LogP contribution in [0.5, 0.6) is 17.2 Å². The maximum atomic E-state index is 7.71. The molecule has 2 aromatic heterocycles. The highest BCUT2D eigenvalue weighted by molar-refractivity contribution is 5.91. The zero-order chi connectivity index (χ0) is 24.8. The number of amidine groups is 1. The third-order valence-corrected chi connectivity index (χ3v) is 5.70. The summed E-state index contributed by atoms with van der Waals surface area (Å²) in [7, 11) is 3.28. The van der Waals surface area contributed by atoms with Gasteiger partial charge in [-0.1, -0.05) is 36.8 Å². The molecule has 2 aromatic carbocycles. The number of nitrogens with zero attached hydrogens (tertiary/aromatic N) is 4. The van der Waals surface area contributed by atoms with E-state index in [9.17, 15) is 0 Å². The van der Waals surface area contributed by atoms with E-state index in [2.05, 4.69) is 17.3 Å². The normalized spacial score (nSPS) is 11.3. The van der Waals surface area contributed by atoms with Crippen molar-refractivity contribution in [2.45, 2.75) is 26.2 Å². The topological polar surface area (TPSA) is 128 Å². The zero-order valence-corrected chi connectivity index (χ0v) is 20.0. The van der Waals surface area contributed by atoms with Crippen molar-refractivity contribution in [1.82, 2.24) is 9.97 Å². The Morgan fingerprint density at radius 1 is 1.03 bits per heavy atom. The summed E-state index contributed by atoms with van der Waals surface area (Å²) in [4.78, 5) is 9.65. The summed E-state index contributed by atoms with van der Waals surface area (Å²) >= 11 is 0. The molecule has 9 heteroatoms. The molecule has 35 heavy (non-hydrogen) atoms. The van der Waals surface area contributed by atoms with Crippen molar-refractivity contribution in [3.63, 3.8) is 0 Å². The van der Waals surface area contributed by atoms with Gasteiger partial charge >= 0.3 is 0 Å². The van der Waals surface area contributed by atoms with Crippen LogP contribution in [0.3, 0.4) is 0 Å². The van der Waals surface area contributed by atoms with Gasteiger partial charge in [-0.3, -0.25) is 10.4 Å². The number of methoxy groups -OCH3 is 2. The van der Waals surface area contributed by atoms with Crippen LogP contribution < -0.4 is 20.1 Å². The fourth-order valence-corrected chi connectivity index (χ4v) is 4.07.